The Hall–Kier alpha value is -6.03. The van der Waals surface area contributed by atoms with Gasteiger partial charge in [-0.05, 0) is 57.9 Å². The summed E-state index contributed by atoms with van der Waals surface area (Å²) in [4.78, 5) is 1.55. The predicted molar refractivity (Wildman–Crippen MR) is 274 cm³/mol. The molecule has 0 radical (unpaired) electrons. The summed E-state index contributed by atoms with van der Waals surface area (Å²) in [6.07, 6.45) is -2.48. The fourth-order valence-corrected chi connectivity index (χ4v) is 12.2. The van der Waals surface area contributed by atoms with Crippen LogP contribution in [0.15, 0.2) is 180 Å². The van der Waals surface area contributed by atoms with Gasteiger partial charge in [-0.25, -0.2) is 0 Å². The van der Waals surface area contributed by atoms with E-state index in [2.05, 4.69) is 24.3 Å². The molecule has 0 aliphatic carbocycles. The second kappa shape index (κ2) is 22.6. The molecule has 0 atom stereocenters. The van der Waals surface area contributed by atoms with Crippen molar-refractivity contribution in [3.8, 4) is 34.5 Å². The van der Waals surface area contributed by atoms with Crippen molar-refractivity contribution in [3.63, 3.8) is 0 Å². The van der Waals surface area contributed by atoms with E-state index in [1.54, 1.807) is 0 Å². The number of para-hydroxylation sites is 4. The molecule has 4 fully saturated rings. The molecular weight excluding hydrogens is 991 g/mol. The summed E-state index contributed by atoms with van der Waals surface area (Å²) in [5.74, 6) is 2.94. The minimum absolute atomic E-state index is 0.461. The highest BCUT2D eigenvalue weighted by atomic mass is 32.2. The molecule has 372 valence electrons. The van der Waals surface area contributed by atoms with Gasteiger partial charge in [0.15, 0.2) is 25.2 Å². The zero-order valence-corrected chi connectivity index (χ0v) is 41.8. The minimum Gasteiger partial charge on any atom is -0.408 e. The van der Waals surface area contributed by atoms with E-state index >= 15 is 0 Å². The van der Waals surface area contributed by atoms with E-state index in [-0.39, 0.29) is 0 Å². The summed E-state index contributed by atoms with van der Waals surface area (Å²) in [7, 11) is -4.54. The van der Waals surface area contributed by atoms with Crippen molar-refractivity contribution >= 4 is 50.5 Å². The highest BCUT2D eigenvalue weighted by molar-refractivity contribution is 8.00. The lowest BCUT2D eigenvalue weighted by Crippen LogP contribution is -2.09. The minimum atomic E-state index is -2.27. The van der Waals surface area contributed by atoms with Crippen LogP contribution >= 0.6 is 29.0 Å². The average Bonchev–Trinajstić information content (AvgIpc) is 4.31. The van der Waals surface area contributed by atoms with Gasteiger partial charge in [0.25, 0.3) is 0 Å². The van der Waals surface area contributed by atoms with Crippen LogP contribution in [0, 0.1) is 0 Å². The van der Waals surface area contributed by atoms with Crippen molar-refractivity contribution in [3.05, 3.63) is 192 Å². The molecule has 0 unspecified atom stereocenters. The van der Waals surface area contributed by atoms with Crippen LogP contribution in [0.3, 0.4) is 0 Å². The highest BCUT2D eigenvalue weighted by Crippen LogP contribution is 2.55. The van der Waals surface area contributed by atoms with E-state index in [1.807, 2.05) is 146 Å². The maximum atomic E-state index is 7.09. The fourth-order valence-electron chi connectivity index (χ4n) is 8.68. The van der Waals surface area contributed by atoms with Crippen molar-refractivity contribution in [1.82, 2.24) is 0 Å². The maximum absolute atomic E-state index is 7.09. The molecule has 0 saturated carbocycles. The van der Waals surface area contributed by atoms with Crippen LogP contribution in [0.5, 0.6) is 34.5 Å². The first-order chi connectivity index (χ1) is 36.2. The Balaban J connectivity index is 0.947. The van der Waals surface area contributed by atoms with Crippen LogP contribution in [0.1, 0.15) is 47.4 Å². The van der Waals surface area contributed by atoms with E-state index in [4.69, 9.17) is 65.0 Å². The van der Waals surface area contributed by atoms with Gasteiger partial charge in [0.2, 0.25) is 0 Å². The molecular formula is C56H48O14P2S. The Kier molecular flexibility index (Phi) is 14.9. The number of fused-ring (bicyclic) bond motifs is 2. The second-order valence-corrected chi connectivity index (χ2v) is 19.8. The van der Waals surface area contributed by atoms with Gasteiger partial charge in [-0.15, -0.1) is 0 Å². The zero-order chi connectivity index (χ0) is 48.8. The fraction of sp³-hybridized carbons (Fsp3) is 0.214. The van der Waals surface area contributed by atoms with E-state index < -0.39 is 42.4 Å². The second-order valence-electron chi connectivity index (χ2n) is 16.8. The summed E-state index contributed by atoms with van der Waals surface area (Å²) in [6.45, 7) is 3.69. The number of benzene rings is 8. The van der Waals surface area contributed by atoms with Crippen molar-refractivity contribution in [2.24, 2.45) is 0 Å². The van der Waals surface area contributed by atoms with Gasteiger partial charge >= 0.3 is 17.2 Å². The highest BCUT2D eigenvalue weighted by Gasteiger charge is 2.33. The van der Waals surface area contributed by atoms with Crippen molar-refractivity contribution < 1.29 is 65.0 Å². The first kappa shape index (κ1) is 47.9. The summed E-state index contributed by atoms with van der Waals surface area (Å²) >= 11 is 1.49. The van der Waals surface area contributed by atoms with Crippen molar-refractivity contribution in [1.29, 1.82) is 0 Å². The van der Waals surface area contributed by atoms with Gasteiger partial charge < -0.3 is 65.0 Å². The lowest BCUT2D eigenvalue weighted by Gasteiger charge is -2.24. The van der Waals surface area contributed by atoms with Crippen LogP contribution in [-0.4, -0.2) is 52.9 Å². The Bertz CT molecular complexity index is 2840. The molecule has 8 aromatic rings. The van der Waals surface area contributed by atoms with Crippen LogP contribution in [0.4, 0.5) is 0 Å². The smallest absolute Gasteiger partial charge is 0.408 e. The summed E-state index contributed by atoms with van der Waals surface area (Å²) in [5, 5.41) is 3.82. The first-order valence-electron chi connectivity index (χ1n) is 23.9. The number of hydrogen-bond donors (Lipinski definition) is 0. The number of rotatable bonds is 18. The molecule has 0 spiro atoms. The van der Waals surface area contributed by atoms with Crippen LogP contribution in [0.2, 0.25) is 0 Å². The molecule has 8 aromatic carbocycles. The summed E-state index contributed by atoms with van der Waals surface area (Å²) in [6, 6.07) is 54.6. The van der Waals surface area contributed by atoms with Gasteiger partial charge in [-0.3, -0.25) is 0 Å². The van der Waals surface area contributed by atoms with E-state index in [9.17, 15) is 0 Å². The molecule has 4 aliphatic heterocycles. The Morgan fingerprint density at radius 1 is 0.288 bits per heavy atom. The van der Waals surface area contributed by atoms with Crippen LogP contribution in [-0.2, 0) is 37.9 Å². The Morgan fingerprint density at radius 3 is 0.863 bits per heavy atom. The summed E-state index contributed by atoms with van der Waals surface area (Å²) < 4.78 is 89.1. The van der Waals surface area contributed by atoms with Gasteiger partial charge in [0.1, 0.15) is 34.5 Å². The quantitative estimate of drug-likeness (QED) is 0.0755. The maximum Gasteiger partial charge on any atom is 0.530 e. The average molecular weight is 1040 g/mol. The predicted octanol–water partition coefficient (Wildman–Crippen LogP) is 13.9. The standard InChI is InChI=1S/C56H48O14P2S/c1-3-15-39-37(13-1)25-27-49(69-71(65-45-21-9-5-17-41(45)53-57-29-30-58-53)66-46-22-10-6-18-42(46)54-59-31-32-60-54)51(39)73-52-40-16-4-2-14-38(40)26-28-50(52)70-72(67-47-23-11-7-19-43(47)55-61-33-34-62-55)68-48-24-12-8-20-44(48)56-63-35-36-64-56/h1-28,53-56H,29-36H2. The van der Waals surface area contributed by atoms with Crippen molar-refractivity contribution in [2.75, 3.05) is 52.9 Å². The largest absolute Gasteiger partial charge is 0.530 e. The molecule has 4 saturated heterocycles. The van der Waals surface area contributed by atoms with E-state index in [1.165, 1.54) is 11.8 Å². The molecule has 0 aromatic heterocycles. The van der Waals surface area contributed by atoms with Gasteiger partial charge in [0.05, 0.1) is 84.9 Å². The molecule has 12 rings (SSSR count). The topological polar surface area (TPSA) is 129 Å². The normalized spacial score (nSPS) is 16.8. The monoisotopic (exact) mass is 1040 g/mol. The Morgan fingerprint density at radius 2 is 0.548 bits per heavy atom. The number of hydrogen-bond acceptors (Lipinski definition) is 15. The van der Waals surface area contributed by atoms with Gasteiger partial charge in [0, 0.05) is 0 Å². The SMILES string of the molecule is c1ccc(C2OCCO2)c(OP(Oc2ccccc2C2OCCO2)Oc2ccc3ccccc3c2Sc2c(OP(Oc3ccccc3C3OCCO3)Oc3ccccc3C3OCCO3)ccc3ccccc23)c1. The third-order valence-electron chi connectivity index (χ3n) is 12.1. The molecule has 0 N–H and O–H groups in total. The van der Waals surface area contributed by atoms with E-state index in [0.717, 1.165) is 31.3 Å². The molecule has 73 heavy (non-hydrogen) atoms. The third-order valence-corrected chi connectivity index (χ3v) is 15.4. The van der Waals surface area contributed by atoms with Crippen molar-refractivity contribution in [2.45, 2.75) is 35.0 Å². The molecule has 17 heteroatoms. The van der Waals surface area contributed by atoms with Crippen LogP contribution < -0.4 is 27.1 Å². The first-order valence-corrected chi connectivity index (χ1v) is 26.9. The molecule has 0 bridgehead atoms. The molecule has 14 nitrogen and oxygen atoms in total. The Labute approximate surface area is 428 Å². The third kappa shape index (κ3) is 10.8. The van der Waals surface area contributed by atoms with Crippen LogP contribution in [0.25, 0.3) is 21.5 Å². The molecule has 4 aliphatic rings. The van der Waals surface area contributed by atoms with Gasteiger partial charge in [-0.2, -0.15) is 0 Å². The summed E-state index contributed by atoms with van der Waals surface area (Å²) in [5.41, 5.74) is 2.83. The lowest BCUT2D eigenvalue weighted by molar-refractivity contribution is -0.0456. The lowest BCUT2D eigenvalue weighted by atomic mass is 10.1. The van der Waals surface area contributed by atoms with Gasteiger partial charge in [-0.1, -0.05) is 145 Å². The molecule has 0 amide bonds. The zero-order valence-electron chi connectivity index (χ0n) is 39.2. The molecule has 4 heterocycles. The number of ether oxygens (including phenoxy) is 8. The van der Waals surface area contributed by atoms with E-state index in [0.29, 0.717) is 110 Å².